The van der Waals surface area contributed by atoms with Gasteiger partial charge in [-0.2, -0.15) is 0 Å². The number of halogens is 2. The normalized spacial score (nSPS) is 18.2. The van der Waals surface area contributed by atoms with E-state index in [9.17, 15) is 4.79 Å². The number of amides is 1. The molecule has 1 heterocycles. The molecule has 1 fully saturated rings. The summed E-state index contributed by atoms with van der Waals surface area (Å²) in [6.45, 7) is 2.69. The van der Waals surface area contributed by atoms with Crippen LogP contribution < -0.4 is 5.32 Å². The van der Waals surface area contributed by atoms with E-state index in [4.69, 9.17) is 23.2 Å². The summed E-state index contributed by atoms with van der Waals surface area (Å²) in [5.41, 5.74) is 0.998. The Bertz CT molecular complexity index is 473. The lowest BCUT2D eigenvalue weighted by Crippen LogP contribution is -2.26. The van der Waals surface area contributed by atoms with E-state index < -0.39 is 0 Å². The molecule has 0 spiro atoms. The zero-order chi connectivity index (χ0) is 14.5. The van der Waals surface area contributed by atoms with Gasteiger partial charge in [-0.05, 0) is 49.5 Å². The molecule has 1 unspecified atom stereocenters. The van der Waals surface area contributed by atoms with E-state index in [0.717, 1.165) is 25.1 Å². The minimum Gasteiger partial charge on any atom is -0.341 e. The van der Waals surface area contributed by atoms with Crippen LogP contribution in [0.3, 0.4) is 0 Å². The van der Waals surface area contributed by atoms with Crippen LogP contribution in [0.5, 0.6) is 0 Å². The van der Waals surface area contributed by atoms with E-state index in [1.165, 1.54) is 6.42 Å². The Hall–Kier alpha value is -0.770. The Morgan fingerprint density at radius 1 is 1.40 bits per heavy atom. The van der Waals surface area contributed by atoms with Crippen molar-refractivity contribution >= 4 is 29.1 Å². The lowest BCUT2D eigenvalue weighted by molar-refractivity contribution is -0.130. The smallest absolute Gasteiger partial charge is 0.222 e. The van der Waals surface area contributed by atoms with Crippen molar-refractivity contribution in [3.8, 4) is 0 Å². The molecule has 0 bridgehead atoms. The second-order valence-corrected chi connectivity index (χ2v) is 6.21. The quantitative estimate of drug-likeness (QED) is 0.904. The molecular weight excluding hydrogens is 295 g/mol. The van der Waals surface area contributed by atoms with Gasteiger partial charge in [-0.15, -0.1) is 0 Å². The number of hydrogen-bond acceptors (Lipinski definition) is 2. The average Bonchev–Trinajstić information content (AvgIpc) is 2.93. The van der Waals surface area contributed by atoms with E-state index >= 15 is 0 Å². The highest BCUT2D eigenvalue weighted by atomic mass is 35.5. The first-order valence-electron chi connectivity index (χ1n) is 6.95. The number of carbonyl (C=O) groups excluding carboxylic acids is 1. The molecule has 2 rings (SSSR count). The number of hydrogen-bond donors (Lipinski definition) is 1. The van der Waals surface area contributed by atoms with Crippen LogP contribution in [0.15, 0.2) is 18.2 Å². The van der Waals surface area contributed by atoms with Crippen molar-refractivity contribution < 1.29 is 4.79 Å². The van der Waals surface area contributed by atoms with Crippen molar-refractivity contribution in [2.75, 3.05) is 20.1 Å². The van der Waals surface area contributed by atoms with Gasteiger partial charge in [0.2, 0.25) is 5.91 Å². The lowest BCUT2D eigenvalue weighted by atomic mass is 10.0. The average molecular weight is 315 g/mol. The molecule has 1 atom stereocenters. The molecule has 1 aromatic rings. The summed E-state index contributed by atoms with van der Waals surface area (Å²) in [6, 6.07) is 5.48. The maximum atomic E-state index is 12.1. The van der Waals surface area contributed by atoms with Gasteiger partial charge in [-0.3, -0.25) is 4.79 Å². The van der Waals surface area contributed by atoms with Crippen LogP contribution in [0.4, 0.5) is 0 Å². The molecule has 3 nitrogen and oxygen atoms in total. The Kier molecular flexibility index (Phi) is 5.70. The summed E-state index contributed by atoms with van der Waals surface area (Å²) in [4.78, 5) is 13.9. The molecular formula is C15H20Cl2N2O. The number of nitrogens with one attached hydrogen (secondary N) is 1. The van der Waals surface area contributed by atoms with Crippen molar-refractivity contribution in [1.29, 1.82) is 0 Å². The Morgan fingerprint density at radius 2 is 2.20 bits per heavy atom. The molecule has 1 aromatic carbocycles. The highest BCUT2D eigenvalue weighted by molar-refractivity contribution is 6.42. The summed E-state index contributed by atoms with van der Waals surface area (Å²) in [6.07, 6.45) is 2.77. The topological polar surface area (TPSA) is 32.3 Å². The maximum Gasteiger partial charge on any atom is 0.222 e. The molecule has 110 valence electrons. The van der Waals surface area contributed by atoms with Crippen molar-refractivity contribution in [3.63, 3.8) is 0 Å². The third kappa shape index (κ3) is 4.37. The summed E-state index contributed by atoms with van der Waals surface area (Å²) < 4.78 is 0. The molecule has 1 aliphatic rings. The van der Waals surface area contributed by atoms with E-state index in [-0.39, 0.29) is 5.91 Å². The molecule has 0 saturated carbocycles. The highest BCUT2D eigenvalue weighted by Crippen LogP contribution is 2.23. The van der Waals surface area contributed by atoms with Crippen LogP contribution in [0.25, 0.3) is 0 Å². The van der Waals surface area contributed by atoms with Gasteiger partial charge in [-0.25, -0.2) is 0 Å². The van der Waals surface area contributed by atoms with Gasteiger partial charge in [0, 0.05) is 20.0 Å². The molecule has 0 aromatic heterocycles. The van der Waals surface area contributed by atoms with Crippen LogP contribution in [-0.4, -0.2) is 30.9 Å². The Morgan fingerprint density at radius 3 is 2.85 bits per heavy atom. The Balaban J connectivity index is 1.81. The summed E-state index contributed by atoms with van der Waals surface area (Å²) in [5.74, 6) is 0.834. The SMILES string of the molecule is CN(Cc1ccc(Cl)c(Cl)c1)C(=O)CCC1CCNC1. The van der Waals surface area contributed by atoms with E-state index in [1.54, 1.807) is 11.0 Å². The van der Waals surface area contributed by atoms with Crippen LogP contribution >= 0.6 is 23.2 Å². The van der Waals surface area contributed by atoms with Crippen LogP contribution in [0.2, 0.25) is 10.0 Å². The van der Waals surface area contributed by atoms with Crippen molar-refractivity contribution in [2.24, 2.45) is 5.92 Å². The number of benzene rings is 1. The minimum atomic E-state index is 0.183. The van der Waals surface area contributed by atoms with Gasteiger partial charge in [0.15, 0.2) is 0 Å². The van der Waals surface area contributed by atoms with E-state index in [0.29, 0.717) is 28.9 Å². The molecule has 20 heavy (non-hydrogen) atoms. The van der Waals surface area contributed by atoms with Gasteiger partial charge < -0.3 is 10.2 Å². The van der Waals surface area contributed by atoms with Gasteiger partial charge in [0.1, 0.15) is 0 Å². The highest BCUT2D eigenvalue weighted by Gasteiger charge is 2.17. The van der Waals surface area contributed by atoms with Crippen molar-refractivity contribution in [3.05, 3.63) is 33.8 Å². The Labute approximate surface area is 130 Å². The van der Waals surface area contributed by atoms with E-state index in [2.05, 4.69) is 5.32 Å². The van der Waals surface area contributed by atoms with Crippen LogP contribution in [-0.2, 0) is 11.3 Å². The molecule has 0 aliphatic carbocycles. The first-order valence-corrected chi connectivity index (χ1v) is 7.70. The summed E-state index contributed by atoms with van der Waals surface area (Å²) in [7, 11) is 1.83. The zero-order valence-corrected chi connectivity index (χ0v) is 13.2. The third-order valence-corrected chi connectivity index (χ3v) is 4.50. The van der Waals surface area contributed by atoms with Gasteiger partial charge in [-0.1, -0.05) is 29.3 Å². The fourth-order valence-corrected chi connectivity index (χ4v) is 2.80. The fraction of sp³-hybridized carbons (Fsp3) is 0.533. The van der Waals surface area contributed by atoms with Gasteiger partial charge in [0.25, 0.3) is 0 Å². The monoisotopic (exact) mass is 314 g/mol. The molecule has 1 saturated heterocycles. The summed E-state index contributed by atoms with van der Waals surface area (Å²) >= 11 is 11.9. The molecule has 1 amide bonds. The second kappa shape index (κ2) is 7.30. The molecule has 5 heteroatoms. The van der Waals surface area contributed by atoms with Crippen LogP contribution in [0, 0.1) is 5.92 Å². The third-order valence-electron chi connectivity index (χ3n) is 3.76. The molecule has 1 aliphatic heterocycles. The molecule has 0 radical (unpaired) electrons. The maximum absolute atomic E-state index is 12.1. The van der Waals surface area contributed by atoms with Crippen molar-refractivity contribution in [1.82, 2.24) is 10.2 Å². The number of carbonyl (C=O) groups is 1. The minimum absolute atomic E-state index is 0.183. The van der Waals surface area contributed by atoms with E-state index in [1.807, 2.05) is 19.2 Å². The first-order chi connectivity index (χ1) is 9.56. The largest absolute Gasteiger partial charge is 0.341 e. The molecule has 1 N–H and O–H groups in total. The van der Waals surface area contributed by atoms with Gasteiger partial charge in [0.05, 0.1) is 10.0 Å². The first kappa shape index (κ1) is 15.6. The predicted octanol–water partition coefficient (Wildman–Crippen LogP) is 3.34. The standard InChI is InChI=1S/C15H20Cl2N2O/c1-19(10-12-2-4-13(16)14(17)8-12)15(20)5-3-11-6-7-18-9-11/h2,4,8,11,18H,3,5-7,9-10H2,1H3. The van der Waals surface area contributed by atoms with Crippen LogP contribution in [0.1, 0.15) is 24.8 Å². The van der Waals surface area contributed by atoms with Gasteiger partial charge >= 0.3 is 0 Å². The fourth-order valence-electron chi connectivity index (χ4n) is 2.48. The second-order valence-electron chi connectivity index (χ2n) is 5.40. The zero-order valence-electron chi connectivity index (χ0n) is 11.7. The predicted molar refractivity (Wildman–Crippen MR) is 83.1 cm³/mol. The number of nitrogens with zero attached hydrogens (tertiary/aromatic N) is 1. The lowest BCUT2D eigenvalue weighted by Gasteiger charge is -2.18. The number of rotatable bonds is 5. The summed E-state index contributed by atoms with van der Waals surface area (Å²) in [5, 5.41) is 4.39. The van der Waals surface area contributed by atoms with Crippen molar-refractivity contribution in [2.45, 2.75) is 25.8 Å².